The van der Waals surface area contributed by atoms with Gasteiger partial charge in [0.1, 0.15) is 13.2 Å². The summed E-state index contributed by atoms with van der Waals surface area (Å²) in [4.78, 5) is 0. The minimum Gasteiger partial charge on any atom is -0.486 e. The monoisotopic (exact) mass is 299 g/mol. The van der Waals surface area contributed by atoms with E-state index in [9.17, 15) is 0 Å². The predicted molar refractivity (Wildman–Crippen MR) is 66.7 cm³/mol. The molecule has 1 saturated heterocycles. The summed E-state index contributed by atoms with van der Waals surface area (Å²) in [5.74, 6) is 1.61. The van der Waals surface area contributed by atoms with Gasteiger partial charge in [-0.3, -0.25) is 0 Å². The zero-order chi connectivity index (χ0) is 11.7. The number of fused-ring (bicyclic) bond motifs is 1. The highest BCUT2D eigenvalue weighted by molar-refractivity contribution is 9.10. The van der Waals surface area contributed by atoms with Gasteiger partial charge in [-0.2, -0.15) is 0 Å². The summed E-state index contributed by atoms with van der Waals surface area (Å²) in [6, 6.07) is 3.97. The standard InChI is InChI=1S/C12H14BrNO3/c13-9-6-11-10(16-3-4-17-11)5-8(9)12-7-14-1-2-15-12/h5-6,12,14H,1-4,7H2. The molecule has 1 unspecified atom stereocenters. The molecular formula is C12H14BrNO3. The Morgan fingerprint density at radius 2 is 1.88 bits per heavy atom. The molecule has 17 heavy (non-hydrogen) atoms. The quantitative estimate of drug-likeness (QED) is 0.859. The molecule has 0 aliphatic carbocycles. The highest BCUT2D eigenvalue weighted by Gasteiger charge is 2.22. The summed E-state index contributed by atoms with van der Waals surface area (Å²) in [5.41, 5.74) is 1.11. The first-order chi connectivity index (χ1) is 8.34. The average Bonchev–Trinajstić information content (AvgIpc) is 2.39. The molecule has 4 nitrogen and oxygen atoms in total. The lowest BCUT2D eigenvalue weighted by atomic mass is 10.1. The second kappa shape index (κ2) is 4.84. The van der Waals surface area contributed by atoms with Crippen molar-refractivity contribution in [2.75, 3.05) is 32.9 Å². The number of halogens is 1. The SMILES string of the molecule is Brc1cc2c(cc1C1CNCCO1)OCCO2. The van der Waals surface area contributed by atoms with Crippen molar-refractivity contribution in [2.24, 2.45) is 0 Å². The van der Waals surface area contributed by atoms with Gasteiger partial charge < -0.3 is 19.5 Å². The van der Waals surface area contributed by atoms with Crippen LogP contribution in [-0.4, -0.2) is 32.9 Å². The van der Waals surface area contributed by atoms with E-state index >= 15 is 0 Å². The highest BCUT2D eigenvalue weighted by atomic mass is 79.9. The van der Waals surface area contributed by atoms with E-state index in [1.54, 1.807) is 0 Å². The van der Waals surface area contributed by atoms with Gasteiger partial charge in [-0.1, -0.05) is 15.9 Å². The topological polar surface area (TPSA) is 39.7 Å². The lowest BCUT2D eigenvalue weighted by Crippen LogP contribution is -2.33. The van der Waals surface area contributed by atoms with E-state index < -0.39 is 0 Å². The zero-order valence-corrected chi connectivity index (χ0v) is 11.0. The molecule has 2 heterocycles. The van der Waals surface area contributed by atoms with Crippen LogP contribution in [0.15, 0.2) is 16.6 Å². The second-order valence-electron chi connectivity index (χ2n) is 4.08. The smallest absolute Gasteiger partial charge is 0.162 e. The first-order valence-electron chi connectivity index (χ1n) is 5.76. The molecule has 1 aromatic carbocycles. The molecule has 1 aromatic rings. The summed E-state index contributed by atoms with van der Waals surface area (Å²) in [7, 11) is 0. The van der Waals surface area contributed by atoms with Crippen LogP contribution in [0.4, 0.5) is 0 Å². The molecule has 0 radical (unpaired) electrons. The van der Waals surface area contributed by atoms with Crippen molar-refractivity contribution in [1.82, 2.24) is 5.32 Å². The Morgan fingerprint density at radius 3 is 2.59 bits per heavy atom. The lowest BCUT2D eigenvalue weighted by molar-refractivity contribution is 0.0269. The highest BCUT2D eigenvalue weighted by Crippen LogP contribution is 2.38. The zero-order valence-electron chi connectivity index (χ0n) is 9.37. The molecule has 2 aliphatic rings. The van der Waals surface area contributed by atoms with Crippen molar-refractivity contribution in [2.45, 2.75) is 6.10 Å². The first-order valence-corrected chi connectivity index (χ1v) is 6.55. The molecule has 0 aromatic heterocycles. The Bertz CT molecular complexity index is 418. The third kappa shape index (κ3) is 2.27. The van der Waals surface area contributed by atoms with E-state index in [0.717, 1.165) is 41.2 Å². The fourth-order valence-corrected chi connectivity index (χ4v) is 2.67. The Balaban J connectivity index is 1.93. The molecular weight excluding hydrogens is 286 g/mol. The summed E-state index contributed by atoms with van der Waals surface area (Å²) in [5, 5.41) is 3.32. The number of nitrogens with one attached hydrogen (secondary N) is 1. The van der Waals surface area contributed by atoms with Gasteiger partial charge in [0.2, 0.25) is 0 Å². The van der Waals surface area contributed by atoms with Crippen LogP contribution < -0.4 is 14.8 Å². The third-order valence-corrected chi connectivity index (χ3v) is 3.62. The van der Waals surface area contributed by atoms with Crippen molar-refractivity contribution in [3.63, 3.8) is 0 Å². The molecule has 3 rings (SSSR count). The van der Waals surface area contributed by atoms with Crippen LogP contribution in [0.5, 0.6) is 11.5 Å². The summed E-state index contributed by atoms with van der Waals surface area (Å²) in [6.45, 7) is 3.71. The first kappa shape index (κ1) is 11.3. The maximum absolute atomic E-state index is 5.75. The van der Waals surface area contributed by atoms with Crippen molar-refractivity contribution in [1.29, 1.82) is 0 Å². The van der Waals surface area contributed by atoms with Crippen LogP contribution >= 0.6 is 15.9 Å². The van der Waals surface area contributed by atoms with Gasteiger partial charge in [0.15, 0.2) is 11.5 Å². The summed E-state index contributed by atoms with van der Waals surface area (Å²) in [6.07, 6.45) is 0.0777. The van der Waals surface area contributed by atoms with Gasteiger partial charge in [0, 0.05) is 23.1 Å². The van der Waals surface area contributed by atoms with Gasteiger partial charge in [0.25, 0.3) is 0 Å². The van der Waals surface area contributed by atoms with Crippen molar-refractivity contribution in [3.8, 4) is 11.5 Å². The molecule has 0 spiro atoms. The maximum Gasteiger partial charge on any atom is 0.162 e. The van der Waals surface area contributed by atoms with E-state index in [4.69, 9.17) is 14.2 Å². The van der Waals surface area contributed by atoms with Crippen molar-refractivity contribution < 1.29 is 14.2 Å². The fraction of sp³-hybridized carbons (Fsp3) is 0.500. The minimum atomic E-state index is 0.0777. The van der Waals surface area contributed by atoms with Crippen LogP contribution in [0.3, 0.4) is 0 Å². The Morgan fingerprint density at radius 1 is 1.12 bits per heavy atom. The number of ether oxygens (including phenoxy) is 3. The predicted octanol–water partition coefficient (Wildman–Crippen LogP) is 1.88. The lowest BCUT2D eigenvalue weighted by Gasteiger charge is -2.27. The van der Waals surface area contributed by atoms with E-state index in [1.165, 1.54) is 0 Å². The second-order valence-corrected chi connectivity index (χ2v) is 4.94. The Labute approximate surface area is 108 Å². The van der Waals surface area contributed by atoms with Crippen LogP contribution in [0, 0.1) is 0 Å². The van der Waals surface area contributed by atoms with Gasteiger partial charge in [-0.15, -0.1) is 0 Å². The van der Waals surface area contributed by atoms with Gasteiger partial charge in [0.05, 0.1) is 12.7 Å². The molecule has 0 bridgehead atoms. The molecule has 1 N–H and O–H groups in total. The van der Waals surface area contributed by atoms with E-state index in [0.29, 0.717) is 13.2 Å². The Hall–Kier alpha value is -0.780. The summed E-state index contributed by atoms with van der Waals surface area (Å²) >= 11 is 3.57. The number of morpholine rings is 1. The number of hydrogen-bond acceptors (Lipinski definition) is 4. The van der Waals surface area contributed by atoms with Crippen molar-refractivity contribution in [3.05, 3.63) is 22.2 Å². The van der Waals surface area contributed by atoms with Crippen LogP contribution in [0.25, 0.3) is 0 Å². The van der Waals surface area contributed by atoms with Gasteiger partial charge in [-0.05, 0) is 12.1 Å². The van der Waals surface area contributed by atoms with E-state index in [2.05, 4.69) is 21.2 Å². The molecule has 2 aliphatic heterocycles. The van der Waals surface area contributed by atoms with Crippen molar-refractivity contribution >= 4 is 15.9 Å². The molecule has 5 heteroatoms. The van der Waals surface area contributed by atoms with Crippen LogP contribution in [-0.2, 0) is 4.74 Å². The summed E-state index contributed by atoms with van der Waals surface area (Å²) < 4.78 is 17.9. The largest absolute Gasteiger partial charge is 0.486 e. The normalized spacial score (nSPS) is 23.5. The minimum absolute atomic E-state index is 0.0777. The van der Waals surface area contributed by atoms with E-state index in [-0.39, 0.29) is 6.10 Å². The average molecular weight is 300 g/mol. The molecule has 0 amide bonds. The molecule has 0 saturated carbocycles. The van der Waals surface area contributed by atoms with Gasteiger partial charge >= 0.3 is 0 Å². The number of rotatable bonds is 1. The number of benzene rings is 1. The molecule has 92 valence electrons. The van der Waals surface area contributed by atoms with Crippen LogP contribution in [0.2, 0.25) is 0 Å². The number of hydrogen-bond donors (Lipinski definition) is 1. The molecule has 1 atom stereocenters. The Kier molecular flexibility index (Phi) is 3.22. The third-order valence-electron chi connectivity index (χ3n) is 2.94. The van der Waals surface area contributed by atoms with E-state index in [1.807, 2.05) is 12.1 Å². The van der Waals surface area contributed by atoms with Crippen LogP contribution in [0.1, 0.15) is 11.7 Å². The molecule has 1 fully saturated rings. The fourth-order valence-electron chi connectivity index (χ4n) is 2.09. The van der Waals surface area contributed by atoms with Gasteiger partial charge in [-0.25, -0.2) is 0 Å². The maximum atomic E-state index is 5.75.